The van der Waals surface area contributed by atoms with E-state index in [1.807, 2.05) is 42.6 Å². The van der Waals surface area contributed by atoms with Crippen LogP contribution in [0.2, 0.25) is 0 Å². The number of nitrogens with two attached hydrogens (primary N) is 1. The molecule has 6 heteroatoms. The van der Waals surface area contributed by atoms with Crippen LogP contribution in [0.25, 0.3) is 23.5 Å². The molecule has 0 aliphatic heterocycles. The van der Waals surface area contributed by atoms with Gasteiger partial charge in [-0.05, 0) is 30.3 Å². The third kappa shape index (κ3) is 3.53. The second-order valence-corrected chi connectivity index (χ2v) is 5.22. The average molecular weight is 333 g/mol. The molecule has 0 aliphatic carbocycles. The summed E-state index contributed by atoms with van der Waals surface area (Å²) in [5, 5.41) is 4.94. The lowest BCUT2D eigenvalue weighted by atomic mass is 10.2. The van der Waals surface area contributed by atoms with Gasteiger partial charge < -0.3 is 20.8 Å². The molecule has 25 heavy (non-hydrogen) atoms. The molecule has 0 amide bonds. The van der Waals surface area contributed by atoms with Crippen molar-refractivity contribution in [2.45, 2.75) is 0 Å². The summed E-state index contributed by atoms with van der Waals surface area (Å²) in [5.74, 6) is 1.30. The van der Waals surface area contributed by atoms with Crippen molar-refractivity contribution in [3.8, 4) is 17.0 Å². The standard InChI is InChI=1S/C19H19N5O/c1-3-4-15-16(12-22-18(15)11-20)17-9-10-21-19(24-17)23-13-5-7-14(25-2)8-6-13/h3-12,22H,1,20H2,2H3,(H,21,23,24)/b15-4-,18-11+. The maximum atomic E-state index is 5.66. The Kier molecular flexibility index (Phi) is 4.80. The van der Waals surface area contributed by atoms with Gasteiger partial charge in [0, 0.05) is 35.1 Å². The fourth-order valence-electron chi connectivity index (χ4n) is 2.47. The summed E-state index contributed by atoms with van der Waals surface area (Å²) in [5.41, 5.74) is 8.25. The zero-order chi connectivity index (χ0) is 17.6. The van der Waals surface area contributed by atoms with Crippen LogP contribution in [-0.4, -0.2) is 22.1 Å². The number of benzene rings is 1. The van der Waals surface area contributed by atoms with E-state index < -0.39 is 0 Å². The quantitative estimate of drug-likeness (QED) is 0.663. The van der Waals surface area contributed by atoms with Crippen molar-refractivity contribution in [1.29, 1.82) is 0 Å². The summed E-state index contributed by atoms with van der Waals surface area (Å²) in [6.45, 7) is 3.75. The summed E-state index contributed by atoms with van der Waals surface area (Å²) in [6.07, 6.45) is 8.72. The Balaban J connectivity index is 1.96. The van der Waals surface area contributed by atoms with E-state index in [-0.39, 0.29) is 0 Å². The van der Waals surface area contributed by atoms with Gasteiger partial charge in [0.15, 0.2) is 0 Å². The molecule has 0 spiro atoms. The van der Waals surface area contributed by atoms with Gasteiger partial charge in [0.05, 0.1) is 18.2 Å². The van der Waals surface area contributed by atoms with Crippen LogP contribution in [-0.2, 0) is 0 Å². The van der Waals surface area contributed by atoms with E-state index in [0.29, 0.717) is 5.95 Å². The van der Waals surface area contributed by atoms with Gasteiger partial charge in [-0.25, -0.2) is 9.97 Å². The van der Waals surface area contributed by atoms with Crippen LogP contribution in [0.4, 0.5) is 11.6 Å². The Morgan fingerprint density at radius 3 is 2.72 bits per heavy atom. The van der Waals surface area contributed by atoms with Crippen LogP contribution in [0.3, 0.4) is 0 Å². The molecule has 3 rings (SSSR count). The highest BCUT2D eigenvalue weighted by Crippen LogP contribution is 2.19. The summed E-state index contributed by atoms with van der Waals surface area (Å²) in [7, 11) is 1.64. The lowest BCUT2D eigenvalue weighted by Crippen LogP contribution is -2.25. The number of aromatic nitrogens is 3. The Bertz CT molecular complexity index is 989. The molecule has 126 valence electrons. The second kappa shape index (κ2) is 7.35. The minimum Gasteiger partial charge on any atom is -0.497 e. The molecule has 0 fully saturated rings. The molecule has 0 saturated carbocycles. The Hall–Kier alpha value is -3.54. The monoisotopic (exact) mass is 333 g/mol. The van der Waals surface area contributed by atoms with E-state index in [4.69, 9.17) is 10.5 Å². The van der Waals surface area contributed by atoms with Crippen LogP contribution in [0.1, 0.15) is 0 Å². The zero-order valence-corrected chi connectivity index (χ0v) is 13.9. The maximum Gasteiger partial charge on any atom is 0.227 e. The molecule has 2 aromatic heterocycles. The van der Waals surface area contributed by atoms with Crippen LogP contribution in [0.15, 0.2) is 55.4 Å². The molecule has 0 saturated heterocycles. The van der Waals surface area contributed by atoms with Crippen molar-refractivity contribution in [3.05, 3.63) is 65.9 Å². The van der Waals surface area contributed by atoms with Gasteiger partial charge in [0.1, 0.15) is 5.75 Å². The fourth-order valence-corrected chi connectivity index (χ4v) is 2.47. The number of aromatic amines is 1. The minimum atomic E-state index is 0.506. The first kappa shape index (κ1) is 16.3. The molecule has 6 nitrogen and oxygen atoms in total. The van der Waals surface area contributed by atoms with Gasteiger partial charge in [-0.1, -0.05) is 18.7 Å². The fraction of sp³-hybridized carbons (Fsp3) is 0.0526. The van der Waals surface area contributed by atoms with E-state index >= 15 is 0 Å². The van der Waals surface area contributed by atoms with E-state index in [1.165, 1.54) is 6.20 Å². The average Bonchev–Trinajstić information content (AvgIpc) is 3.06. The number of hydrogen-bond acceptors (Lipinski definition) is 5. The highest BCUT2D eigenvalue weighted by molar-refractivity contribution is 5.64. The molecule has 0 aliphatic rings. The number of anilines is 2. The number of hydrogen-bond donors (Lipinski definition) is 3. The van der Waals surface area contributed by atoms with Crippen molar-refractivity contribution in [1.82, 2.24) is 15.0 Å². The van der Waals surface area contributed by atoms with Crippen LogP contribution < -0.4 is 26.4 Å². The molecule has 0 bridgehead atoms. The van der Waals surface area contributed by atoms with Crippen molar-refractivity contribution in [3.63, 3.8) is 0 Å². The lowest BCUT2D eigenvalue weighted by molar-refractivity contribution is 0.415. The second-order valence-electron chi connectivity index (χ2n) is 5.22. The van der Waals surface area contributed by atoms with Gasteiger partial charge in [0.2, 0.25) is 5.95 Å². The van der Waals surface area contributed by atoms with Crippen molar-refractivity contribution in [2.24, 2.45) is 5.73 Å². The highest BCUT2D eigenvalue weighted by Gasteiger charge is 2.06. The third-order valence-corrected chi connectivity index (χ3v) is 3.68. The summed E-state index contributed by atoms with van der Waals surface area (Å²) >= 11 is 0. The molecule has 1 aromatic carbocycles. The topological polar surface area (TPSA) is 88.9 Å². The van der Waals surface area contributed by atoms with Gasteiger partial charge in [-0.2, -0.15) is 0 Å². The molecule has 0 radical (unpaired) electrons. The Labute approximate surface area is 145 Å². The predicted molar refractivity (Wildman–Crippen MR) is 101 cm³/mol. The first-order valence-corrected chi connectivity index (χ1v) is 7.71. The lowest BCUT2D eigenvalue weighted by Gasteiger charge is -2.07. The Morgan fingerprint density at radius 2 is 2.04 bits per heavy atom. The zero-order valence-electron chi connectivity index (χ0n) is 13.9. The largest absolute Gasteiger partial charge is 0.497 e. The first-order valence-electron chi connectivity index (χ1n) is 7.71. The van der Waals surface area contributed by atoms with Gasteiger partial charge in [-0.15, -0.1) is 0 Å². The number of allylic oxidation sites excluding steroid dienone is 1. The number of H-pyrrole nitrogens is 1. The van der Waals surface area contributed by atoms with E-state index in [1.54, 1.807) is 19.4 Å². The van der Waals surface area contributed by atoms with E-state index in [2.05, 4.69) is 26.8 Å². The number of rotatable bonds is 5. The molecule has 2 heterocycles. The van der Waals surface area contributed by atoms with E-state index in [9.17, 15) is 0 Å². The SMILES string of the molecule is C=C/C=c1/c(-c2ccnc(Nc3ccc(OC)cc3)n2)c[nH]/c1=C/N. The third-order valence-electron chi connectivity index (χ3n) is 3.68. The van der Waals surface area contributed by atoms with Crippen LogP contribution in [0, 0.1) is 0 Å². The molecular formula is C19H19N5O. The molecule has 0 unspecified atom stereocenters. The van der Waals surface area contributed by atoms with Crippen LogP contribution >= 0.6 is 0 Å². The summed E-state index contributed by atoms with van der Waals surface area (Å²) in [6, 6.07) is 9.41. The van der Waals surface area contributed by atoms with Gasteiger partial charge in [-0.3, -0.25) is 0 Å². The predicted octanol–water partition coefficient (Wildman–Crippen LogP) is 1.89. The van der Waals surface area contributed by atoms with E-state index in [0.717, 1.165) is 33.3 Å². The first-order chi connectivity index (χ1) is 12.2. The molecular weight excluding hydrogens is 314 g/mol. The summed E-state index contributed by atoms with van der Waals surface area (Å²) < 4.78 is 5.16. The maximum absolute atomic E-state index is 5.66. The van der Waals surface area contributed by atoms with Crippen molar-refractivity contribution in [2.75, 3.05) is 12.4 Å². The molecule has 4 N–H and O–H groups in total. The smallest absolute Gasteiger partial charge is 0.227 e. The number of nitrogens with one attached hydrogen (secondary N) is 2. The molecule has 0 atom stereocenters. The number of ether oxygens (including phenoxy) is 1. The van der Waals surface area contributed by atoms with Crippen molar-refractivity contribution < 1.29 is 4.74 Å². The summed E-state index contributed by atoms with van der Waals surface area (Å²) in [4.78, 5) is 12.0. The number of nitrogens with zero attached hydrogens (tertiary/aromatic N) is 2. The van der Waals surface area contributed by atoms with Gasteiger partial charge >= 0.3 is 0 Å². The highest BCUT2D eigenvalue weighted by atomic mass is 16.5. The van der Waals surface area contributed by atoms with Gasteiger partial charge in [0.25, 0.3) is 0 Å². The number of methoxy groups -OCH3 is 1. The van der Waals surface area contributed by atoms with Crippen LogP contribution in [0.5, 0.6) is 5.75 Å². The van der Waals surface area contributed by atoms with Crippen molar-refractivity contribution >= 4 is 23.9 Å². The normalized spacial score (nSPS) is 12.2. The molecule has 3 aromatic rings. The minimum absolute atomic E-state index is 0.506. The Morgan fingerprint density at radius 1 is 1.24 bits per heavy atom.